The summed E-state index contributed by atoms with van der Waals surface area (Å²) in [7, 11) is 0. The van der Waals surface area contributed by atoms with Crippen molar-refractivity contribution in [2.45, 2.75) is 25.9 Å². The van der Waals surface area contributed by atoms with Gasteiger partial charge in [-0.15, -0.1) is 0 Å². The Balaban J connectivity index is 2.17. The maximum absolute atomic E-state index is 13.0. The summed E-state index contributed by atoms with van der Waals surface area (Å²) in [5.74, 6) is -0.351. The van der Waals surface area contributed by atoms with Crippen LogP contribution in [0.3, 0.4) is 0 Å². The second-order valence-corrected chi connectivity index (χ2v) is 5.21. The Kier molecular flexibility index (Phi) is 5.78. The number of halogens is 3. The van der Waals surface area contributed by atoms with Crippen LogP contribution in [0.2, 0.25) is 0 Å². The maximum atomic E-state index is 13.0. The van der Waals surface area contributed by atoms with E-state index in [4.69, 9.17) is 0 Å². The summed E-state index contributed by atoms with van der Waals surface area (Å²) in [6.45, 7) is 2.54. The highest BCUT2D eigenvalue weighted by Gasteiger charge is 2.33. The zero-order chi connectivity index (χ0) is 17.6. The van der Waals surface area contributed by atoms with Crippen LogP contribution in [0.4, 0.5) is 24.5 Å². The van der Waals surface area contributed by atoms with Gasteiger partial charge in [-0.1, -0.05) is 25.5 Å². The van der Waals surface area contributed by atoms with Crippen LogP contribution < -0.4 is 10.6 Å². The van der Waals surface area contributed by atoms with Crippen LogP contribution in [0.1, 0.15) is 35.8 Å². The minimum absolute atomic E-state index is 0.0754. The molecular weight excluding hydrogens is 319 g/mol. The number of unbranched alkanes of at least 4 members (excludes halogenated alkanes) is 1. The van der Waals surface area contributed by atoms with Crippen LogP contribution in [0.25, 0.3) is 0 Å². The molecule has 1 aromatic carbocycles. The number of hydrogen-bond donors (Lipinski definition) is 2. The average Bonchev–Trinajstić information content (AvgIpc) is 2.55. The molecule has 0 aliphatic heterocycles. The number of benzene rings is 1. The Morgan fingerprint density at radius 3 is 2.67 bits per heavy atom. The first-order valence-corrected chi connectivity index (χ1v) is 7.59. The van der Waals surface area contributed by atoms with Crippen molar-refractivity contribution in [3.05, 3.63) is 53.9 Å². The largest absolute Gasteiger partial charge is 0.418 e. The molecule has 1 heterocycles. The SMILES string of the molecule is CCCCNC(=O)c1cc(Nc2ccccc2C(F)(F)F)ccn1. The third-order valence-corrected chi connectivity index (χ3v) is 3.32. The summed E-state index contributed by atoms with van der Waals surface area (Å²) >= 11 is 0. The number of nitrogens with zero attached hydrogens (tertiary/aromatic N) is 1. The van der Waals surface area contributed by atoms with Gasteiger partial charge in [-0.2, -0.15) is 13.2 Å². The van der Waals surface area contributed by atoms with E-state index in [9.17, 15) is 18.0 Å². The molecule has 2 rings (SSSR count). The smallest absolute Gasteiger partial charge is 0.355 e. The number of nitrogens with one attached hydrogen (secondary N) is 2. The van der Waals surface area contributed by atoms with Gasteiger partial charge in [-0.3, -0.25) is 9.78 Å². The van der Waals surface area contributed by atoms with Crippen molar-refractivity contribution in [3.8, 4) is 0 Å². The number of carbonyl (C=O) groups excluding carboxylic acids is 1. The van der Waals surface area contributed by atoms with E-state index in [1.165, 1.54) is 36.5 Å². The van der Waals surface area contributed by atoms with Gasteiger partial charge in [-0.05, 0) is 30.7 Å². The highest BCUT2D eigenvalue weighted by molar-refractivity contribution is 5.93. The fourth-order valence-electron chi connectivity index (χ4n) is 2.10. The Morgan fingerprint density at radius 2 is 1.96 bits per heavy atom. The predicted molar refractivity (Wildman–Crippen MR) is 86.2 cm³/mol. The standard InChI is InChI=1S/C17H18F3N3O/c1-2-3-9-22-16(24)15-11-12(8-10-21-15)23-14-7-5-4-6-13(14)17(18,19)20/h4-8,10-11H,2-3,9H2,1H3,(H,21,23)(H,22,24). The van der Waals surface area contributed by atoms with E-state index in [1.54, 1.807) is 0 Å². The molecule has 128 valence electrons. The molecule has 0 spiro atoms. The van der Waals surface area contributed by atoms with Crippen LogP contribution in [0.15, 0.2) is 42.6 Å². The van der Waals surface area contributed by atoms with Crippen LogP contribution in [0.5, 0.6) is 0 Å². The topological polar surface area (TPSA) is 54.0 Å². The van der Waals surface area contributed by atoms with Gasteiger partial charge in [0.2, 0.25) is 0 Å². The molecule has 24 heavy (non-hydrogen) atoms. The third-order valence-electron chi connectivity index (χ3n) is 3.32. The lowest BCUT2D eigenvalue weighted by Gasteiger charge is -2.14. The second-order valence-electron chi connectivity index (χ2n) is 5.21. The predicted octanol–water partition coefficient (Wildman–Crippen LogP) is 4.37. The summed E-state index contributed by atoms with van der Waals surface area (Å²) in [4.78, 5) is 15.9. The minimum atomic E-state index is -4.46. The molecule has 0 fully saturated rings. The number of para-hydroxylation sites is 1. The van der Waals surface area contributed by atoms with Crippen LogP contribution in [-0.2, 0) is 6.18 Å². The number of amides is 1. The van der Waals surface area contributed by atoms with Crippen molar-refractivity contribution < 1.29 is 18.0 Å². The van der Waals surface area contributed by atoms with Gasteiger partial charge >= 0.3 is 6.18 Å². The summed E-state index contributed by atoms with van der Waals surface area (Å²) in [6, 6.07) is 8.11. The van der Waals surface area contributed by atoms with Gasteiger partial charge in [0.15, 0.2) is 0 Å². The molecule has 7 heteroatoms. The van der Waals surface area contributed by atoms with Gasteiger partial charge in [-0.25, -0.2) is 0 Å². The molecule has 0 atom stereocenters. The molecule has 0 saturated heterocycles. The third kappa shape index (κ3) is 4.71. The van der Waals surface area contributed by atoms with E-state index >= 15 is 0 Å². The van der Waals surface area contributed by atoms with Gasteiger partial charge in [0.25, 0.3) is 5.91 Å². The van der Waals surface area contributed by atoms with E-state index in [0.717, 1.165) is 18.9 Å². The number of carbonyl (C=O) groups is 1. The van der Waals surface area contributed by atoms with Crippen LogP contribution >= 0.6 is 0 Å². The second kappa shape index (κ2) is 7.81. The van der Waals surface area contributed by atoms with E-state index in [-0.39, 0.29) is 17.3 Å². The van der Waals surface area contributed by atoms with E-state index in [1.807, 2.05) is 6.92 Å². The lowest BCUT2D eigenvalue weighted by atomic mass is 10.1. The monoisotopic (exact) mass is 337 g/mol. The zero-order valence-electron chi connectivity index (χ0n) is 13.2. The summed E-state index contributed by atoms with van der Waals surface area (Å²) < 4.78 is 39.0. The molecule has 2 N–H and O–H groups in total. The number of pyridine rings is 1. The minimum Gasteiger partial charge on any atom is -0.355 e. The Labute approximate surface area is 138 Å². The van der Waals surface area contributed by atoms with Crippen LogP contribution in [-0.4, -0.2) is 17.4 Å². The van der Waals surface area contributed by atoms with Crippen molar-refractivity contribution in [1.29, 1.82) is 0 Å². The number of anilines is 2. The van der Waals surface area contributed by atoms with Crippen LogP contribution in [0, 0.1) is 0 Å². The van der Waals surface area contributed by atoms with E-state index < -0.39 is 11.7 Å². The highest BCUT2D eigenvalue weighted by Crippen LogP contribution is 2.35. The Hall–Kier alpha value is -2.57. The lowest BCUT2D eigenvalue weighted by molar-refractivity contribution is -0.136. The first kappa shape index (κ1) is 17.8. The fraction of sp³-hybridized carbons (Fsp3) is 0.294. The van der Waals surface area contributed by atoms with Crippen molar-refractivity contribution in [2.75, 3.05) is 11.9 Å². The molecule has 4 nitrogen and oxygen atoms in total. The molecule has 0 bridgehead atoms. The maximum Gasteiger partial charge on any atom is 0.418 e. The molecule has 0 aliphatic rings. The van der Waals surface area contributed by atoms with Crippen molar-refractivity contribution in [3.63, 3.8) is 0 Å². The molecule has 1 amide bonds. The quantitative estimate of drug-likeness (QED) is 0.770. The number of rotatable bonds is 6. The fourth-order valence-corrected chi connectivity index (χ4v) is 2.10. The summed E-state index contributed by atoms with van der Waals surface area (Å²) in [5, 5.41) is 5.42. The summed E-state index contributed by atoms with van der Waals surface area (Å²) in [5.41, 5.74) is -0.327. The normalized spacial score (nSPS) is 11.2. The van der Waals surface area contributed by atoms with Crippen molar-refractivity contribution in [1.82, 2.24) is 10.3 Å². The lowest BCUT2D eigenvalue weighted by Crippen LogP contribution is -2.25. The van der Waals surface area contributed by atoms with Gasteiger partial charge in [0, 0.05) is 18.4 Å². The highest BCUT2D eigenvalue weighted by atomic mass is 19.4. The van der Waals surface area contributed by atoms with Crippen molar-refractivity contribution >= 4 is 17.3 Å². The molecule has 0 aliphatic carbocycles. The number of hydrogen-bond acceptors (Lipinski definition) is 3. The average molecular weight is 337 g/mol. The first-order valence-electron chi connectivity index (χ1n) is 7.59. The molecule has 0 radical (unpaired) electrons. The zero-order valence-corrected chi connectivity index (χ0v) is 13.2. The Bertz CT molecular complexity index is 701. The van der Waals surface area contributed by atoms with Crippen molar-refractivity contribution in [2.24, 2.45) is 0 Å². The first-order chi connectivity index (χ1) is 11.4. The number of alkyl halides is 3. The molecule has 1 aromatic heterocycles. The number of aromatic nitrogens is 1. The van der Waals surface area contributed by atoms with Gasteiger partial charge in [0.1, 0.15) is 5.69 Å². The molecule has 2 aromatic rings. The Morgan fingerprint density at radius 1 is 1.21 bits per heavy atom. The molecule has 0 saturated carbocycles. The van der Waals surface area contributed by atoms with Gasteiger partial charge < -0.3 is 10.6 Å². The molecular formula is C17H18F3N3O. The van der Waals surface area contributed by atoms with Gasteiger partial charge in [0.05, 0.1) is 11.3 Å². The molecule has 0 unspecified atom stereocenters. The van der Waals surface area contributed by atoms with E-state index in [2.05, 4.69) is 15.6 Å². The van der Waals surface area contributed by atoms with E-state index in [0.29, 0.717) is 12.2 Å². The summed E-state index contributed by atoms with van der Waals surface area (Å²) in [6.07, 6.45) is -1.28.